The third-order valence-electron chi connectivity index (χ3n) is 3.22. The van der Waals surface area contributed by atoms with Crippen LogP contribution in [0.5, 0.6) is 0 Å². The molecule has 2 rings (SSSR count). The summed E-state index contributed by atoms with van der Waals surface area (Å²) in [5, 5.41) is 15.2. The van der Waals surface area contributed by atoms with Crippen LogP contribution < -0.4 is 5.56 Å². The Kier molecular flexibility index (Phi) is 8.46. The number of aliphatic carboxylic acids is 1. The Bertz CT molecular complexity index is 858. The van der Waals surface area contributed by atoms with Crippen LogP contribution in [0.15, 0.2) is 32.9 Å². The number of nitrogens with zero attached hydrogens (tertiary/aromatic N) is 1. The van der Waals surface area contributed by atoms with E-state index in [0.29, 0.717) is 11.1 Å². The summed E-state index contributed by atoms with van der Waals surface area (Å²) in [5.41, 5.74) is 0.499. The number of rotatable bonds is 5. The molecule has 1 unspecified atom stereocenters. The average molecular weight is 419 g/mol. The number of H-pyrrole nitrogens is 1. The van der Waals surface area contributed by atoms with Gasteiger partial charge in [-0.05, 0) is 29.7 Å². The summed E-state index contributed by atoms with van der Waals surface area (Å²) < 4.78 is 12.7. The van der Waals surface area contributed by atoms with E-state index in [9.17, 15) is 13.8 Å². The quantitative estimate of drug-likeness (QED) is 0.763. The van der Waals surface area contributed by atoms with Crippen LogP contribution in [0.1, 0.15) is 44.7 Å². The van der Waals surface area contributed by atoms with E-state index in [1.165, 1.54) is 18.2 Å². The third-order valence-corrected chi connectivity index (χ3v) is 5.44. The Balaban J connectivity index is 0.00000163. The van der Waals surface area contributed by atoms with Gasteiger partial charge in [0.2, 0.25) is 0 Å². The highest BCUT2D eigenvalue weighted by atomic mass is 35.5. The van der Waals surface area contributed by atoms with Crippen LogP contribution in [0, 0.1) is 0 Å². The van der Waals surface area contributed by atoms with Gasteiger partial charge in [-0.2, -0.15) is 5.10 Å². The number of hydrogen-bond donors (Lipinski definition) is 2. The van der Waals surface area contributed by atoms with Gasteiger partial charge in [-0.25, -0.2) is 9.31 Å². The van der Waals surface area contributed by atoms with Gasteiger partial charge in [0.1, 0.15) is 10.8 Å². The van der Waals surface area contributed by atoms with Crippen LogP contribution in [-0.2, 0) is 22.0 Å². The third kappa shape index (κ3) is 5.40. The molecule has 1 aromatic heterocycles. The highest BCUT2D eigenvalue weighted by Crippen LogP contribution is 2.32. The van der Waals surface area contributed by atoms with Crippen LogP contribution >= 0.6 is 23.2 Å². The summed E-state index contributed by atoms with van der Waals surface area (Å²) in [4.78, 5) is 22.6. The first kappa shape index (κ1) is 22.3. The van der Waals surface area contributed by atoms with Gasteiger partial charge >= 0.3 is 5.97 Å². The first-order valence-electron chi connectivity index (χ1n) is 7.91. The number of nitrogens with one attached hydrogen (secondary N) is 1. The predicted octanol–water partition coefficient (Wildman–Crippen LogP) is 4.02. The zero-order chi connectivity index (χ0) is 20.0. The molecule has 0 bridgehead atoms. The van der Waals surface area contributed by atoms with Gasteiger partial charge < -0.3 is 5.11 Å². The second-order valence-electron chi connectivity index (χ2n) is 5.37. The minimum atomic E-state index is -1.82. The number of hydrogen-bond acceptors (Lipinski definition) is 4. The van der Waals surface area contributed by atoms with E-state index in [-0.39, 0.29) is 37.9 Å². The SMILES string of the molecule is CC.CC(C)c1cc(S(=O)c2c(Cl)cc(CC(=O)O)cc2Cl)n[nH]c1=O. The van der Waals surface area contributed by atoms with Crippen molar-refractivity contribution in [1.29, 1.82) is 0 Å². The van der Waals surface area contributed by atoms with E-state index in [0.717, 1.165) is 0 Å². The van der Waals surface area contributed by atoms with E-state index in [4.69, 9.17) is 28.3 Å². The number of halogens is 2. The summed E-state index contributed by atoms with van der Waals surface area (Å²) >= 11 is 12.3. The zero-order valence-electron chi connectivity index (χ0n) is 14.8. The van der Waals surface area contributed by atoms with Gasteiger partial charge in [0.15, 0.2) is 5.03 Å². The molecule has 2 aromatic rings. The molecule has 0 radical (unpaired) electrons. The number of aromatic amines is 1. The summed E-state index contributed by atoms with van der Waals surface area (Å²) in [6, 6.07) is 4.27. The molecule has 1 atom stereocenters. The number of benzene rings is 1. The van der Waals surface area contributed by atoms with E-state index < -0.39 is 16.8 Å². The minimum absolute atomic E-state index is 0.0728. The summed E-state index contributed by atoms with van der Waals surface area (Å²) in [6.45, 7) is 7.66. The molecule has 1 heterocycles. The Morgan fingerprint density at radius 1 is 1.23 bits per heavy atom. The van der Waals surface area contributed by atoms with Crippen molar-refractivity contribution in [3.8, 4) is 0 Å². The molecular weight excluding hydrogens is 399 g/mol. The lowest BCUT2D eigenvalue weighted by Crippen LogP contribution is -2.17. The molecule has 142 valence electrons. The van der Waals surface area contributed by atoms with Gasteiger partial charge in [0.25, 0.3) is 5.56 Å². The molecule has 0 aliphatic carbocycles. The molecule has 2 N–H and O–H groups in total. The van der Waals surface area contributed by atoms with Crippen LogP contribution in [0.4, 0.5) is 0 Å². The fraction of sp³-hybridized carbons (Fsp3) is 0.353. The molecular formula is C17H20Cl2N2O4S. The lowest BCUT2D eigenvalue weighted by atomic mass is 10.1. The smallest absolute Gasteiger partial charge is 0.307 e. The van der Waals surface area contributed by atoms with E-state index in [1.54, 1.807) is 0 Å². The monoisotopic (exact) mass is 418 g/mol. The Hall–Kier alpha value is -1.70. The highest BCUT2D eigenvalue weighted by molar-refractivity contribution is 7.85. The van der Waals surface area contributed by atoms with Crippen LogP contribution in [0.2, 0.25) is 10.0 Å². The lowest BCUT2D eigenvalue weighted by molar-refractivity contribution is -0.136. The van der Waals surface area contributed by atoms with Crippen molar-refractivity contribution in [3.63, 3.8) is 0 Å². The van der Waals surface area contributed by atoms with Crippen molar-refractivity contribution in [3.05, 3.63) is 49.7 Å². The number of aromatic nitrogens is 2. The fourth-order valence-electron chi connectivity index (χ4n) is 2.10. The number of carbonyl (C=O) groups is 1. The molecule has 9 heteroatoms. The van der Waals surface area contributed by atoms with Crippen molar-refractivity contribution < 1.29 is 14.1 Å². The molecule has 0 saturated heterocycles. The molecule has 26 heavy (non-hydrogen) atoms. The topological polar surface area (TPSA) is 100 Å². The summed E-state index contributed by atoms with van der Waals surface area (Å²) in [7, 11) is -1.82. The highest BCUT2D eigenvalue weighted by Gasteiger charge is 2.20. The van der Waals surface area contributed by atoms with Crippen molar-refractivity contribution >= 4 is 40.0 Å². The molecule has 0 amide bonds. The summed E-state index contributed by atoms with van der Waals surface area (Å²) in [5.74, 6) is -1.10. The zero-order valence-corrected chi connectivity index (χ0v) is 17.1. The Labute approximate surface area is 164 Å². The van der Waals surface area contributed by atoms with Gasteiger partial charge in [0, 0.05) is 5.56 Å². The number of carboxylic acids is 1. The maximum atomic E-state index is 12.7. The van der Waals surface area contributed by atoms with E-state index in [1.807, 2.05) is 27.7 Å². The van der Waals surface area contributed by atoms with Crippen molar-refractivity contribution in [2.75, 3.05) is 0 Å². The molecule has 1 aromatic carbocycles. The fourth-order valence-corrected chi connectivity index (χ4v) is 4.09. The first-order valence-corrected chi connectivity index (χ1v) is 9.82. The normalized spacial score (nSPS) is 11.7. The van der Waals surface area contributed by atoms with Crippen molar-refractivity contribution in [2.45, 2.75) is 50.0 Å². The Morgan fingerprint density at radius 2 is 1.77 bits per heavy atom. The van der Waals surface area contributed by atoms with E-state index >= 15 is 0 Å². The Morgan fingerprint density at radius 3 is 2.23 bits per heavy atom. The summed E-state index contributed by atoms with van der Waals surface area (Å²) in [6.07, 6.45) is -0.249. The van der Waals surface area contributed by atoms with Crippen LogP contribution in [-0.4, -0.2) is 25.5 Å². The van der Waals surface area contributed by atoms with Crippen molar-refractivity contribution in [1.82, 2.24) is 10.2 Å². The molecule has 6 nitrogen and oxygen atoms in total. The largest absolute Gasteiger partial charge is 0.481 e. The number of carboxylic acid groups (broad SMARTS) is 1. The molecule has 0 saturated carbocycles. The molecule has 0 aliphatic heterocycles. The van der Waals surface area contributed by atoms with Gasteiger partial charge in [0.05, 0.1) is 21.4 Å². The van der Waals surface area contributed by atoms with E-state index in [2.05, 4.69) is 10.2 Å². The minimum Gasteiger partial charge on any atom is -0.481 e. The van der Waals surface area contributed by atoms with Crippen LogP contribution in [0.3, 0.4) is 0 Å². The van der Waals surface area contributed by atoms with Crippen LogP contribution in [0.25, 0.3) is 0 Å². The second kappa shape index (κ2) is 9.85. The maximum Gasteiger partial charge on any atom is 0.307 e. The molecule has 0 fully saturated rings. The predicted molar refractivity (Wildman–Crippen MR) is 103 cm³/mol. The lowest BCUT2D eigenvalue weighted by Gasteiger charge is -2.10. The average Bonchev–Trinajstić information content (AvgIpc) is 2.55. The van der Waals surface area contributed by atoms with Gasteiger partial charge in [-0.15, -0.1) is 0 Å². The van der Waals surface area contributed by atoms with Gasteiger partial charge in [-0.3, -0.25) is 9.59 Å². The molecule has 0 spiro atoms. The first-order chi connectivity index (χ1) is 12.2. The molecule has 0 aliphatic rings. The van der Waals surface area contributed by atoms with Crippen molar-refractivity contribution in [2.24, 2.45) is 0 Å². The second-order valence-corrected chi connectivity index (χ2v) is 7.55. The maximum absolute atomic E-state index is 12.7. The standard InChI is InChI=1S/C15H14Cl2N2O4S.C2H6/c1-7(2)9-6-12(18-19-15(9)22)24(23)14-10(16)3-8(4-11(14)17)5-13(20)21;1-2/h3-4,6-7H,5H2,1-2H3,(H,19,22)(H,20,21);1-2H3. The van der Waals surface area contributed by atoms with Gasteiger partial charge in [-0.1, -0.05) is 50.9 Å².